The first-order valence-electron chi connectivity index (χ1n) is 5.14. The van der Waals surface area contributed by atoms with Gasteiger partial charge in [0.05, 0.1) is 6.61 Å². The molecule has 0 aromatic heterocycles. The predicted molar refractivity (Wildman–Crippen MR) is 56.3 cm³/mol. The molecule has 0 aliphatic carbocycles. The summed E-state index contributed by atoms with van der Waals surface area (Å²) < 4.78 is 5.44. The maximum atomic E-state index is 10.5. The number of benzene rings is 1. The standard InChI is InChI=1S/C12H14O3/c1-8-9(3-5-12(13)14)2-4-11-10(8)6-7-15-11/h2,4H,3,5-7H2,1H3,(H,13,14). The highest BCUT2D eigenvalue weighted by Gasteiger charge is 2.16. The third-order valence-electron chi connectivity index (χ3n) is 2.89. The Morgan fingerprint density at radius 2 is 2.33 bits per heavy atom. The highest BCUT2D eigenvalue weighted by molar-refractivity contribution is 5.67. The summed E-state index contributed by atoms with van der Waals surface area (Å²) in [4.78, 5) is 10.5. The topological polar surface area (TPSA) is 46.5 Å². The van der Waals surface area contributed by atoms with Crippen molar-refractivity contribution >= 4 is 5.97 Å². The molecule has 1 aliphatic rings. The molecular weight excluding hydrogens is 192 g/mol. The summed E-state index contributed by atoms with van der Waals surface area (Å²) in [5, 5.41) is 8.63. The Hall–Kier alpha value is -1.51. The number of rotatable bonds is 3. The van der Waals surface area contributed by atoms with Crippen LogP contribution in [0.1, 0.15) is 23.1 Å². The van der Waals surface area contributed by atoms with E-state index in [1.165, 1.54) is 11.1 Å². The van der Waals surface area contributed by atoms with Gasteiger partial charge in [0.25, 0.3) is 0 Å². The van der Waals surface area contributed by atoms with Gasteiger partial charge in [-0.2, -0.15) is 0 Å². The van der Waals surface area contributed by atoms with E-state index in [2.05, 4.69) is 0 Å². The van der Waals surface area contributed by atoms with E-state index in [-0.39, 0.29) is 6.42 Å². The molecule has 1 aliphatic heterocycles. The van der Waals surface area contributed by atoms with Crippen LogP contribution in [0.25, 0.3) is 0 Å². The third kappa shape index (κ3) is 1.96. The monoisotopic (exact) mass is 206 g/mol. The van der Waals surface area contributed by atoms with Crippen molar-refractivity contribution in [3.05, 3.63) is 28.8 Å². The summed E-state index contributed by atoms with van der Waals surface area (Å²) in [6.45, 7) is 2.79. The van der Waals surface area contributed by atoms with Crippen LogP contribution in [0.4, 0.5) is 0 Å². The van der Waals surface area contributed by atoms with Crippen molar-refractivity contribution in [3.8, 4) is 5.75 Å². The Morgan fingerprint density at radius 3 is 3.07 bits per heavy atom. The second kappa shape index (κ2) is 3.93. The van der Waals surface area contributed by atoms with Gasteiger partial charge in [0.15, 0.2) is 0 Å². The Balaban J connectivity index is 2.22. The zero-order chi connectivity index (χ0) is 10.8. The number of aliphatic carboxylic acids is 1. The third-order valence-corrected chi connectivity index (χ3v) is 2.89. The first kappa shape index (κ1) is 10.0. The van der Waals surface area contributed by atoms with Crippen LogP contribution in [0.15, 0.2) is 12.1 Å². The number of fused-ring (bicyclic) bond motifs is 1. The van der Waals surface area contributed by atoms with E-state index in [4.69, 9.17) is 9.84 Å². The average molecular weight is 206 g/mol. The van der Waals surface area contributed by atoms with Gasteiger partial charge in [-0.05, 0) is 30.5 Å². The van der Waals surface area contributed by atoms with Crippen LogP contribution in [0.2, 0.25) is 0 Å². The van der Waals surface area contributed by atoms with E-state index in [0.29, 0.717) is 6.42 Å². The zero-order valence-electron chi connectivity index (χ0n) is 8.75. The molecule has 0 radical (unpaired) electrons. The number of aryl methyl sites for hydroxylation is 1. The van der Waals surface area contributed by atoms with Gasteiger partial charge in [-0.25, -0.2) is 0 Å². The number of carboxylic acids is 1. The van der Waals surface area contributed by atoms with Crippen LogP contribution in [0, 0.1) is 6.92 Å². The number of ether oxygens (including phenoxy) is 1. The normalized spacial score (nSPS) is 13.4. The lowest BCUT2D eigenvalue weighted by molar-refractivity contribution is -0.136. The summed E-state index contributed by atoms with van der Waals surface area (Å²) in [5.74, 6) is 0.220. The Morgan fingerprint density at radius 1 is 1.53 bits per heavy atom. The molecule has 1 N–H and O–H groups in total. The molecule has 3 nitrogen and oxygen atoms in total. The fourth-order valence-corrected chi connectivity index (χ4v) is 2.00. The minimum absolute atomic E-state index is 0.195. The minimum Gasteiger partial charge on any atom is -0.493 e. The smallest absolute Gasteiger partial charge is 0.303 e. The van der Waals surface area contributed by atoms with Gasteiger partial charge < -0.3 is 9.84 Å². The van der Waals surface area contributed by atoms with Crippen LogP contribution < -0.4 is 4.74 Å². The molecule has 3 heteroatoms. The fourth-order valence-electron chi connectivity index (χ4n) is 2.00. The lowest BCUT2D eigenvalue weighted by atomic mass is 9.97. The van der Waals surface area contributed by atoms with Crippen LogP contribution in [0.5, 0.6) is 5.75 Å². The van der Waals surface area contributed by atoms with E-state index < -0.39 is 5.97 Å². The quantitative estimate of drug-likeness (QED) is 0.822. The van der Waals surface area contributed by atoms with Crippen LogP contribution in [-0.2, 0) is 17.6 Å². The van der Waals surface area contributed by atoms with E-state index in [0.717, 1.165) is 24.3 Å². The predicted octanol–water partition coefficient (Wildman–Crippen LogP) is 1.95. The van der Waals surface area contributed by atoms with E-state index in [9.17, 15) is 4.79 Å². The van der Waals surface area contributed by atoms with Crippen molar-refractivity contribution in [2.45, 2.75) is 26.2 Å². The average Bonchev–Trinajstić information content (AvgIpc) is 2.65. The van der Waals surface area contributed by atoms with Crippen LogP contribution in [-0.4, -0.2) is 17.7 Å². The summed E-state index contributed by atoms with van der Waals surface area (Å²) >= 11 is 0. The maximum Gasteiger partial charge on any atom is 0.303 e. The molecule has 1 aromatic carbocycles. The number of hydrogen-bond acceptors (Lipinski definition) is 2. The van der Waals surface area contributed by atoms with Gasteiger partial charge in [0.2, 0.25) is 0 Å². The van der Waals surface area contributed by atoms with Gasteiger partial charge >= 0.3 is 5.97 Å². The lowest BCUT2D eigenvalue weighted by Gasteiger charge is -2.08. The van der Waals surface area contributed by atoms with Gasteiger partial charge in [-0.15, -0.1) is 0 Å². The molecular formula is C12H14O3. The van der Waals surface area contributed by atoms with Crippen molar-refractivity contribution in [2.75, 3.05) is 6.61 Å². The molecule has 0 saturated heterocycles. The lowest BCUT2D eigenvalue weighted by Crippen LogP contribution is -2.00. The number of carbonyl (C=O) groups is 1. The van der Waals surface area contributed by atoms with Gasteiger partial charge in [0.1, 0.15) is 5.75 Å². The Labute approximate surface area is 88.7 Å². The molecule has 0 amide bonds. The van der Waals surface area contributed by atoms with E-state index in [1.807, 2.05) is 19.1 Å². The van der Waals surface area contributed by atoms with E-state index in [1.54, 1.807) is 0 Å². The molecule has 80 valence electrons. The summed E-state index contributed by atoms with van der Waals surface area (Å²) in [7, 11) is 0. The van der Waals surface area contributed by atoms with Crippen LogP contribution >= 0.6 is 0 Å². The molecule has 0 fully saturated rings. The molecule has 1 heterocycles. The number of carboxylic acid groups (broad SMARTS) is 1. The van der Waals surface area contributed by atoms with Crippen molar-refractivity contribution in [3.63, 3.8) is 0 Å². The molecule has 1 aromatic rings. The van der Waals surface area contributed by atoms with Crippen molar-refractivity contribution in [1.82, 2.24) is 0 Å². The van der Waals surface area contributed by atoms with Gasteiger partial charge in [0, 0.05) is 18.4 Å². The fraction of sp³-hybridized carbons (Fsp3) is 0.417. The Bertz CT molecular complexity index is 396. The maximum absolute atomic E-state index is 10.5. The highest BCUT2D eigenvalue weighted by Crippen LogP contribution is 2.30. The highest BCUT2D eigenvalue weighted by atomic mass is 16.5. The van der Waals surface area contributed by atoms with E-state index >= 15 is 0 Å². The first-order chi connectivity index (χ1) is 7.18. The summed E-state index contributed by atoms with van der Waals surface area (Å²) in [5.41, 5.74) is 3.57. The second-order valence-corrected chi connectivity index (χ2v) is 3.82. The summed E-state index contributed by atoms with van der Waals surface area (Å²) in [6, 6.07) is 3.93. The molecule has 0 saturated carbocycles. The first-order valence-corrected chi connectivity index (χ1v) is 5.14. The molecule has 0 bridgehead atoms. The summed E-state index contributed by atoms with van der Waals surface area (Å²) in [6.07, 6.45) is 1.75. The number of hydrogen-bond donors (Lipinski definition) is 1. The molecule has 0 unspecified atom stereocenters. The van der Waals surface area contributed by atoms with Gasteiger partial charge in [-0.1, -0.05) is 6.07 Å². The SMILES string of the molecule is Cc1c(CCC(=O)O)ccc2c1CCO2. The minimum atomic E-state index is -0.744. The van der Waals surface area contributed by atoms with Crippen LogP contribution in [0.3, 0.4) is 0 Å². The second-order valence-electron chi connectivity index (χ2n) is 3.82. The molecule has 0 spiro atoms. The zero-order valence-corrected chi connectivity index (χ0v) is 8.75. The van der Waals surface area contributed by atoms with Gasteiger partial charge in [-0.3, -0.25) is 4.79 Å². The largest absolute Gasteiger partial charge is 0.493 e. The Kier molecular flexibility index (Phi) is 2.62. The molecule has 2 rings (SSSR count). The van der Waals surface area contributed by atoms with Crippen molar-refractivity contribution in [1.29, 1.82) is 0 Å². The van der Waals surface area contributed by atoms with Crippen molar-refractivity contribution < 1.29 is 14.6 Å². The molecule has 15 heavy (non-hydrogen) atoms. The van der Waals surface area contributed by atoms with Crippen molar-refractivity contribution in [2.24, 2.45) is 0 Å². The molecule has 0 atom stereocenters.